The molecule has 1 nitrogen and oxygen atoms in total. The van der Waals surface area contributed by atoms with Crippen LogP contribution in [-0.2, 0) is 6.42 Å². The lowest BCUT2D eigenvalue weighted by Gasteiger charge is -2.02. The highest BCUT2D eigenvalue weighted by Crippen LogP contribution is 2.24. The van der Waals surface area contributed by atoms with Gasteiger partial charge in [0.25, 0.3) is 0 Å². The van der Waals surface area contributed by atoms with Crippen LogP contribution in [0.5, 0.6) is 0 Å². The fourth-order valence-electron chi connectivity index (χ4n) is 0.845. The van der Waals surface area contributed by atoms with E-state index < -0.39 is 29.4 Å². The lowest BCUT2D eigenvalue weighted by Crippen LogP contribution is -1.99. The number of halogens is 4. The molecule has 0 N–H and O–H groups in total. The maximum Gasteiger partial charge on any atom is 0.173 e. The summed E-state index contributed by atoms with van der Waals surface area (Å²) in [6, 6.07) is 2.35. The maximum absolute atomic E-state index is 12.9. The summed E-state index contributed by atoms with van der Waals surface area (Å²) in [5.74, 6) is -3.41. The van der Waals surface area contributed by atoms with Crippen LogP contribution in [0.3, 0.4) is 0 Å². The van der Waals surface area contributed by atoms with Crippen LogP contribution in [0.1, 0.15) is 5.56 Å². The van der Waals surface area contributed by atoms with Gasteiger partial charge in [0.2, 0.25) is 0 Å². The van der Waals surface area contributed by atoms with Gasteiger partial charge in [-0.1, -0.05) is 0 Å². The first-order valence-electron chi connectivity index (χ1n) is 3.26. The molecular formula is C8H3BrF3N. The Hall–Kier alpha value is -1.02. The van der Waals surface area contributed by atoms with Crippen molar-refractivity contribution in [3.05, 3.63) is 33.6 Å². The Labute approximate surface area is 80.9 Å². The Morgan fingerprint density at radius 1 is 1.31 bits per heavy atom. The second-order valence-corrected chi connectivity index (χ2v) is 3.14. The van der Waals surface area contributed by atoms with E-state index in [9.17, 15) is 13.2 Å². The molecule has 13 heavy (non-hydrogen) atoms. The minimum Gasteiger partial charge on any atom is -0.207 e. The van der Waals surface area contributed by atoms with Gasteiger partial charge >= 0.3 is 0 Å². The van der Waals surface area contributed by atoms with Gasteiger partial charge in [0.15, 0.2) is 11.6 Å². The van der Waals surface area contributed by atoms with Crippen LogP contribution < -0.4 is 0 Å². The Kier molecular flexibility index (Phi) is 2.94. The van der Waals surface area contributed by atoms with Crippen molar-refractivity contribution >= 4 is 15.9 Å². The van der Waals surface area contributed by atoms with E-state index in [0.717, 1.165) is 6.07 Å². The van der Waals surface area contributed by atoms with E-state index in [1.165, 1.54) is 0 Å². The highest BCUT2D eigenvalue weighted by Gasteiger charge is 2.16. The normalized spacial score (nSPS) is 9.77. The molecule has 68 valence electrons. The van der Waals surface area contributed by atoms with Crippen molar-refractivity contribution in [2.75, 3.05) is 0 Å². The summed E-state index contributed by atoms with van der Waals surface area (Å²) in [6.45, 7) is 0. The molecule has 0 aliphatic rings. The molecule has 1 rings (SSSR count). The quantitative estimate of drug-likeness (QED) is 0.555. The van der Waals surface area contributed by atoms with Gasteiger partial charge in [-0.3, -0.25) is 0 Å². The minimum absolute atomic E-state index is 0.288. The summed E-state index contributed by atoms with van der Waals surface area (Å²) in [6.07, 6.45) is -0.484. The standard InChI is InChI=1S/C8H3BrF3N/c9-5-3-6(10)4(1-2-13)7(11)8(5)12/h3H,1H2. The Morgan fingerprint density at radius 3 is 2.46 bits per heavy atom. The topological polar surface area (TPSA) is 23.8 Å². The zero-order valence-electron chi connectivity index (χ0n) is 6.24. The lowest BCUT2D eigenvalue weighted by atomic mass is 10.1. The fraction of sp³-hybridized carbons (Fsp3) is 0.125. The van der Waals surface area contributed by atoms with E-state index in [4.69, 9.17) is 5.26 Å². The molecule has 0 bridgehead atoms. The number of hydrogen-bond donors (Lipinski definition) is 0. The predicted molar refractivity (Wildman–Crippen MR) is 43.3 cm³/mol. The summed E-state index contributed by atoms with van der Waals surface area (Å²) in [5.41, 5.74) is -0.539. The van der Waals surface area contributed by atoms with Crippen LogP contribution in [0, 0.1) is 28.8 Å². The highest BCUT2D eigenvalue weighted by atomic mass is 79.9. The van der Waals surface area contributed by atoms with Gasteiger partial charge in [0, 0.05) is 5.56 Å². The van der Waals surface area contributed by atoms with Gasteiger partial charge in [-0.05, 0) is 22.0 Å². The fourth-order valence-corrected chi connectivity index (χ4v) is 1.22. The molecule has 5 heteroatoms. The molecule has 0 spiro atoms. The monoisotopic (exact) mass is 249 g/mol. The number of nitrogens with zero attached hydrogens (tertiary/aromatic N) is 1. The van der Waals surface area contributed by atoms with E-state index >= 15 is 0 Å². The van der Waals surface area contributed by atoms with Crippen molar-refractivity contribution in [1.82, 2.24) is 0 Å². The lowest BCUT2D eigenvalue weighted by molar-refractivity contribution is 0.479. The van der Waals surface area contributed by atoms with Crippen molar-refractivity contribution in [3.8, 4) is 6.07 Å². The van der Waals surface area contributed by atoms with Gasteiger partial charge in [0.1, 0.15) is 5.82 Å². The number of rotatable bonds is 1. The minimum atomic E-state index is -1.31. The van der Waals surface area contributed by atoms with Crippen molar-refractivity contribution < 1.29 is 13.2 Å². The summed E-state index contributed by atoms with van der Waals surface area (Å²) >= 11 is 2.64. The van der Waals surface area contributed by atoms with Gasteiger partial charge in [-0.25, -0.2) is 13.2 Å². The summed E-state index contributed by atoms with van der Waals surface area (Å²) < 4.78 is 38.3. The molecule has 0 amide bonds. The molecular weight excluding hydrogens is 247 g/mol. The first kappa shape index (κ1) is 10.1. The van der Waals surface area contributed by atoms with E-state index in [1.54, 1.807) is 6.07 Å². The number of nitriles is 1. The average molecular weight is 250 g/mol. The molecule has 0 heterocycles. The van der Waals surface area contributed by atoms with Gasteiger partial charge < -0.3 is 0 Å². The van der Waals surface area contributed by atoms with Crippen molar-refractivity contribution in [2.45, 2.75) is 6.42 Å². The number of benzene rings is 1. The molecule has 0 fully saturated rings. The third kappa shape index (κ3) is 1.83. The van der Waals surface area contributed by atoms with Crippen LogP contribution in [0.25, 0.3) is 0 Å². The Balaban J connectivity index is 3.36. The Morgan fingerprint density at radius 2 is 1.92 bits per heavy atom. The SMILES string of the molecule is N#CCc1c(F)cc(Br)c(F)c1F. The molecule has 0 saturated heterocycles. The zero-order chi connectivity index (χ0) is 10.0. The Bertz CT molecular complexity index is 384. The van der Waals surface area contributed by atoms with Gasteiger partial charge in [-0.2, -0.15) is 5.26 Å². The van der Waals surface area contributed by atoms with Crippen LogP contribution in [0.15, 0.2) is 10.5 Å². The van der Waals surface area contributed by atoms with E-state index in [-0.39, 0.29) is 4.47 Å². The first-order chi connectivity index (χ1) is 6.07. The zero-order valence-corrected chi connectivity index (χ0v) is 7.83. The molecule has 1 aromatic carbocycles. The van der Waals surface area contributed by atoms with E-state index in [0.29, 0.717) is 0 Å². The van der Waals surface area contributed by atoms with Crippen LogP contribution in [-0.4, -0.2) is 0 Å². The highest BCUT2D eigenvalue weighted by molar-refractivity contribution is 9.10. The smallest absolute Gasteiger partial charge is 0.173 e. The second-order valence-electron chi connectivity index (χ2n) is 2.28. The predicted octanol–water partition coefficient (Wildman–Crippen LogP) is 2.93. The molecule has 0 unspecified atom stereocenters. The van der Waals surface area contributed by atoms with Gasteiger partial charge in [0.05, 0.1) is 17.0 Å². The molecule has 0 aliphatic carbocycles. The average Bonchev–Trinajstić information content (AvgIpc) is 2.09. The van der Waals surface area contributed by atoms with Crippen LogP contribution >= 0.6 is 15.9 Å². The van der Waals surface area contributed by atoms with E-state index in [2.05, 4.69) is 15.9 Å². The molecule has 0 aliphatic heterocycles. The molecule has 0 aromatic heterocycles. The van der Waals surface area contributed by atoms with E-state index in [1.807, 2.05) is 0 Å². The molecule has 0 radical (unpaired) electrons. The largest absolute Gasteiger partial charge is 0.207 e. The number of hydrogen-bond acceptors (Lipinski definition) is 1. The van der Waals surface area contributed by atoms with Crippen LogP contribution in [0.4, 0.5) is 13.2 Å². The molecule has 0 atom stereocenters. The van der Waals surface area contributed by atoms with Gasteiger partial charge in [-0.15, -0.1) is 0 Å². The maximum atomic E-state index is 12.9. The molecule has 0 saturated carbocycles. The summed E-state index contributed by atoms with van der Waals surface area (Å²) in [7, 11) is 0. The summed E-state index contributed by atoms with van der Waals surface area (Å²) in [5, 5.41) is 8.21. The third-order valence-corrected chi connectivity index (χ3v) is 2.04. The second kappa shape index (κ2) is 3.79. The van der Waals surface area contributed by atoms with Crippen molar-refractivity contribution in [3.63, 3.8) is 0 Å². The van der Waals surface area contributed by atoms with Crippen LogP contribution in [0.2, 0.25) is 0 Å². The summed E-state index contributed by atoms with van der Waals surface area (Å²) in [4.78, 5) is 0. The third-order valence-electron chi connectivity index (χ3n) is 1.46. The molecule has 1 aromatic rings. The van der Waals surface area contributed by atoms with Crippen molar-refractivity contribution in [1.29, 1.82) is 5.26 Å². The van der Waals surface area contributed by atoms with Crippen molar-refractivity contribution in [2.24, 2.45) is 0 Å². The first-order valence-corrected chi connectivity index (χ1v) is 4.06.